The molecule has 0 amide bonds. The fourth-order valence-corrected chi connectivity index (χ4v) is 4.30. The summed E-state index contributed by atoms with van der Waals surface area (Å²) < 4.78 is 43.8. The van der Waals surface area contributed by atoms with Crippen LogP contribution in [0.2, 0.25) is 0 Å². The standard InChI is InChI=1S/C23H27F3N4/c1-22(2,3)15-19-27-28-21-20(23(24,25)26)18(11-14-30(19)21)29-12-9-17(10-13-29)16-7-5-4-6-8-16/h4-8,11,14,17H,9-10,12-13,15H2,1-3H3. The normalized spacial score (nSPS) is 16.4. The van der Waals surface area contributed by atoms with Gasteiger partial charge in [-0.15, -0.1) is 10.2 Å². The van der Waals surface area contributed by atoms with Gasteiger partial charge in [-0.1, -0.05) is 51.1 Å². The second-order valence-corrected chi connectivity index (χ2v) is 9.29. The summed E-state index contributed by atoms with van der Waals surface area (Å²) in [6.45, 7) is 7.27. The van der Waals surface area contributed by atoms with Crippen molar-refractivity contribution in [3.63, 3.8) is 0 Å². The van der Waals surface area contributed by atoms with E-state index in [9.17, 15) is 13.2 Å². The Hall–Kier alpha value is -2.57. The summed E-state index contributed by atoms with van der Waals surface area (Å²) in [5, 5.41) is 8.04. The van der Waals surface area contributed by atoms with E-state index in [0.717, 1.165) is 12.8 Å². The molecular weight excluding hydrogens is 389 g/mol. The molecule has 0 saturated carbocycles. The number of pyridine rings is 1. The van der Waals surface area contributed by atoms with Crippen LogP contribution in [0.5, 0.6) is 0 Å². The van der Waals surface area contributed by atoms with Crippen LogP contribution in [-0.2, 0) is 12.6 Å². The minimum atomic E-state index is -4.50. The number of hydrogen-bond donors (Lipinski definition) is 0. The summed E-state index contributed by atoms with van der Waals surface area (Å²) in [4.78, 5) is 1.85. The quantitative estimate of drug-likeness (QED) is 0.547. The number of piperidine rings is 1. The van der Waals surface area contributed by atoms with Gasteiger partial charge in [0.15, 0.2) is 5.65 Å². The molecule has 7 heteroatoms. The fraction of sp³-hybridized carbons (Fsp3) is 0.478. The van der Waals surface area contributed by atoms with E-state index < -0.39 is 11.7 Å². The van der Waals surface area contributed by atoms with Gasteiger partial charge in [-0.2, -0.15) is 13.2 Å². The smallest absolute Gasteiger partial charge is 0.371 e. The Labute approximate surface area is 174 Å². The van der Waals surface area contributed by atoms with Crippen molar-refractivity contribution in [2.75, 3.05) is 18.0 Å². The summed E-state index contributed by atoms with van der Waals surface area (Å²) >= 11 is 0. The maximum Gasteiger partial charge on any atom is 0.422 e. The zero-order chi connectivity index (χ0) is 21.5. The molecule has 0 spiro atoms. The topological polar surface area (TPSA) is 33.4 Å². The maximum absolute atomic E-state index is 14.1. The molecule has 0 radical (unpaired) electrons. The summed E-state index contributed by atoms with van der Waals surface area (Å²) in [6.07, 6.45) is -0.611. The lowest BCUT2D eigenvalue weighted by Crippen LogP contribution is -2.34. The van der Waals surface area contributed by atoms with Crippen molar-refractivity contribution >= 4 is 11.3 Å². The Bertz CT molecular complexity index is 1010. The first-order valence-corrected chi connectivity index (χ1v) is 10.4. The van der Waals surface area contributed by atoms with Crippen molar-refractivity contribution in [1.29, 1.82) is 0 Å². The molecule has 4 nitrogen and oxygen atoms in total. The van der Waals surface area contributed by atoms with Crippen molar-refractivity contribution in [3.05, 3.63) is 59.5 Å². The highest BCUT2D eigenvalue weighted by molar-refractivity contribution is 5.67. The van der Waals surface area contributed by atoms with Gasteiger partial charge in [-0.05, 0) is 35.8 Å². The first kappa shape index (κ1) is 20.7. The number of fused-ring (bicyclic) bond motifs is 1. The van der Waals surface area contributed by atoms with E-state index >= 15 is 0 Å². The number of rotatable bonds is 3. The van der Waals surface area contributed by atoms with E-state index in [1.807, 2.05) is 43.9 Å². The van der Waals surface area contributed by atoms with E-state index in [1.54, 1.807) is 12.3 Å². The zero-order valence-electron chi connectivity index (χ0n) is 17.6. The third kappa shape index (κ3) is 4.16. The van der Waals surface area contributed by atoms with Crippen LogP contribution >= 0.6 is 0 Å². The molecule has 1 aromatic carbocycles. The lowest BCUT2D eigenvalue weighted by atomic mass is 9.89. The number of hydrogen-bond acceptors (Lipinski definition) is 3. The van der Waals surface area contributed by atoms with Crippen LogP contribution in [0.15, 0.2) is 42.6 Å². The Balaban J connectivity index is 1.66. The van der Waals surface area contributed by atoms with E-state index in [0.29, 0.717) is 31.3 Å². The Morgan fingerprint density at radius 2 is 1.63 bits per heavy atom. The Morgan fingerprint density at radius 3 is 2.23 bits per heavy atom. The van der Waals surface area contributed by atoms with Crippen molar-refractivity contribution < 1.29 is 13.2 Å². The molecule has 2 aromatic heterocycles. The molecule has 3 aromatic rings. The van der Waals surface area contributed by atoms with Crippen LogP contribution in [0.25, 0.3) is 5.65 Å². The molecule has 0 atom stereocenters. The van der Waals surface area contributed by atoms with E-state index in [4.69, 9.17) is 0 Å². The van der Waals surface area contributed by atoms with Crippen LogP contribution in [-0.4, -0.2) is 27.7 Å². The number of alkyl halides is 3. The molecule has 160 valence electrons. The van der Waals surface area contributed by atoms with E-state index in [2.05, 4.69) is 22.3 Å². The first-order chi connectivity index (χ1) is 14.1. The minimum absolute atomic E-state index is 0.0979. The third-order valence-corrected chi connectivity index (χ3v) is 5.71. The van der Waals surface area contributed by atoms with Gasteiger partial charge >= 0.3 is 6.18 Å². The van der Waals surface area contributed by atoms with Crippen molar-refractivity contribution in [1.82, 2.24) is 14.6 Å². The fourth-order valence-electron chi connectivity index (χ4n) is 4.30. The van der Waals surface area contributed by atoms with Crippen molar-refractivity contribution in [2.45, 2.75) is 52.1 Å². The highest BCUT2D eigenvalue weighted by atomic mass is 19.4. The molecule has 4 rings (SSSR count). The van der Waals surface area contributed by atoms with Crippen LogP contribution in [0.1, 0.15) is 56.5 Å². The van der Waals surface area contributed by atoms with Gasteiger partial charge in [0.05, 0.1) is 5.69 Å². The van der Waals surface area contributed by atoms with E-state index in [-0.39, 0.29) is 16.7 Å². The Morgan fingerprint density at radius 1 is 0.967 bits per heavy atom. The second-order valence-electron chi connectivity index (χ2n) is 9.29. The first-order valence-electron chi connectivity index (χ1n) is 10.4. The molecule has 3 heterocycles. The van der Waals surface area contributed by atoms with Crippen LogP contribution in [0.4, 0.5) is 18.9 Å². The lowest BCUT2D eigenvalue weighted by Gasteiger charge is -2.35. The highest BCUT2D eigenvalue weighted by Gasteiger charge is 2.39. The van der Waals surface area contributed by atoms with Crippen LogP contribution in [0, 0.1) is 5.41 Å². The maximum atomic E-state index is 14.1. The summed E-state index contributed by atoms with van der Waals surface area (Å²) in [5.41, 5.74) is 0.573. The van der Waals surface area contributed by atoms with Gasteiger partial charge in [-0.25, -0.2) is 0 Å². The summed E-state index contributed by atoms with van der Waals surface area (Å²) in [6, 6.07) is 11.8. The van der Waals surface area contributed by atoms with Crippen molar-refractivity contribution in [2.24, 2.45) is 5.41 Å². The zero-order valence-corrected chi connectivity index (χ0v) is 17.6. The predicted octanol–water partition coefficient (Wildman–Crippen LogP) is 5.72. The Kier molecular flexibility index (Phi) is 5.24. The van der Waals surface area contributed by atoms with Gasteiger partial charge in [0, 0.05) is 25.7 Å². The predicted molar refractivity (Wildman–Crippen MR) is 112 cm³/mol. The molecular formula is C23H27F3N4. The number of nitrogens with zero attached hydrogens (tertiary/aromatic N) is 4. The van der Waals surface area contributed by atoms with Gasteiger partial charge in [0.1, 0.15) is 11.4 Å². The van der Waals surface area contributed by atoms with E-state index in [1.165, 1.54) is 9.96 Å². The van der Waals surface area contributed by atoms with Gasteiger partial charge in [0.25, 0.3) is 0 Å². The molecule has 30 heavy (non-hydrogen) atoms. The summed E-state index contributed by atoms with van der Waals surface area (Å²) in [5.74, 6) is 0.935. The number of anilines is 1. The number of halogens is 3. The van der Waals surface area contributed by atoms with Gasteiger partial charge in [-0.3, -0.25) is 4.40 Å². The van der Waals surface area contributed by atoms with Gasteiger partial charge in [0.2, 0.25) is 0 Å². The minimum Gasteiger partial charge on any atom is -0.371 e. The second kappa shape index (κ2) is 7.60. The van der Waals surface area contributed by atoms with Crippen LogP contribution in [0.3, 0.4) is 0 Å². The molecule has 1 aliphatic rings. The molecule has 0 N–H and O–H groups in total. The SMILES string of the molecule is CC(C)(C)Cc1nnc2c(C(F)(F)F)c(N3CCC(c4ccccc4)CC3)ccn12. The average Bonchev–Trinajstić information content (AvgIpc) is 3.08. The van der Waals surface area contributed by atoms with Crippen molar-refractivity contribution in [3.8, 4) is 0 Å². The highest BCUT2D eigenvalue weighted by Crippen LogP contribution is 2.41. The average molecular weight is 416 g/mol. The lowest BCUT2D eigenvalue weighted by molar-refractivity contribution is -0.136. The molecule has 1 fully saturated rings. The number of benzene rings is 1. The largest absolute Gasteiger partial charge is 0.422 e. The van der Waals surface area contributed by atoms with Crippen LogP contribution < -0.4 is 4.90 Å². The number of aromatic nitrogens is 3. The molecule has 0 bridgehead atoms. The molecule has 0 aliphatic carbocycles. The molecule has 1 aliphatic heterocycles. The third-order valence-electron chi connectivity index (χ3n) is 5.71. The van der Waals surface area contributed by atoms with Gasteiger partial charge < -0.3 is 4.90 Å². The molecule has 1 saturated heterocycles. The molecule has 0 unspecified atom stereocenters. The monoisotopic (exact) mass is 416 g/mol. The summed E-state index contributed by atoms with van der Waals surface area (Å²) in [7, 11) is 0.